The second-order valence-electron chi connectivity index (χ2n) is 9.83. The number of benzene rings is 3. The second kappa shape index (κ2) is 15.2. The number of unbranched alkanes of at least 4 members (excludes halogenated alkanes) is 1. The van der Waals surface area contributed by atoms with E-state index in [4.69, 9.17) is 9.47 Å². The number of hydrogen-bond acceptors (Lipinski definition) is 7. The van der Waals surface area contributed by atoms with Crippen LogP contribution in [0.5, 0.6) is 23.0 Å². The number of ketones is 2. The molecule has 42 heavy (non-hydrogen) atoms. The van der Waals surface area contributed by atoms with Crippen molar-refractivity contribution in [3.63, 3.8) is 0 Å². The molecule has 0 heterocycles. The molecule has 220 valence electrons. The van der Waals surface area contributed by atoms with Crippen molar-refractivity contribution >= 4 is 29.6 Å². The zero-order chi connectivity index (χ0) is 30.6. The summed E-state index contributed by atoms with van der Waals surface area (Å²) in [5.74, 6) is -2.34. The van der Waals surface area contributed by atoms with Crippen molar-refractivity contribution in [3.05, 3.63) is 95.1 Å². The quantitative estimate of drug-likeness (QED) is 0.127. The Labute approximate surface area is 246 Å². The minimum atomic E-state index is -1.28. The third-order valence-electron chi connectivity index (χ3n) is 6.75. The summed E-state index contributed by atoms with van der Waals surface area (Å²) in [6.45, 7) is 3.45. The van der Waals surface area contributed by atoms with Crippen molar-refractivity contribution in [2.45, 2.75) is 39.2 Å². The van der Waals surface area contributed by atoms with Crippen LogP contribution in [-0.2, 0) is 20.8 Å². The van der Waals surface area contributed by atoms with Crippen molar-refractivity contribution in [2.24, 2.45) is 5.92 Å². The van der Waals surface area contributed by atoms with E-state index < -0.39 is 29.4 Å². The number of rotatable bonds is 14. The normalized spacial score (nSPS) is 12.7. The molecule has 2 unspecified atom stereocenters. The highest BCUT2D eigenvalue weighted by atomic mass is 16.5. The third-order valence-corrected chi connectivity index (χ3v) is 6.75. The zero-order valence-electron chi connectivity index (χ0n) is 24.3. The Morgan fingerprint density at radius 2 is 1.40 bits per heavy atom. The van der Waals surface area contributed by atoms with Crippen molar-refractivity contribution in [3.8, 4) is 23.0 Å². The SMILES string of the molecule is CCCCc1ccc(C(NC(C)=O)C(C(=O)C=Cc2ccc(O)c(O)c2)C(=O)C=Cc2ccc(OC)c(OC)c2)cc1. The van der Waals surface area contributed by atoms with Gasteiger partial charge in [0.05, 0.1) is 20.3 Å². The Kier molecular flexibility index (Phi) is 11.5. The molecule has 3 aromatic rings. The van der Waals surface area contributed by atoms with Crippen LogP contribution in [-0.4, -0.2) is 41.9 Å². The lowest BCUT2D eigenvalue weighted by Crippen LogP contribution is -2.39. The van der Waals surface area contributed by atoms with Gasteiger partial charge in [-0.05, 0) is 71.5 Å². The Bertz CT molecular complexity index is 1460. The van der Waals surface area contributed by atoms with E-state index in [2.05, 4.69) is 12.2 Å². The van der Waals surface area contributed by atoms with Crippen LogP contribution < -0.4 is 14.8 Å². The predicted octanol–water partition coefficient (Wildman–Crippen LogP) is 5.82. The van der Waals surface area contributed by atoms with E-state index in [-0.39, 0.29) is 11.5 Å². The second-order valence-corrected chi connectivity index (χ2v) is 9.83. The van der Waals surface area contributed by atoms with Crippen LogP contribution >= 0.6 is 0 Å². The highest BCUT2D eigenvalue weighted by Crippen LogP contribution is 2.30. The summed E-state index contributed by atoms with van der Waals surface area (Å²) in [7, 11) is 3.04. The number of nitrogens with one attached hydrogen (secondary N) is 1. The molecule has 0 saturated heterocycles. The molecule has 8 nitrogen and oxygen atoms in total. The molecule has 0 aliphatic carbocycles. The number of carbonyl (C=O) groups excluding carboxylic acids is 3. The Balaban J connectivity index is 2.02. The molecule has 0 aliphatic rings. The first kappa shape index (κ1) is 31.7. The molecule has 2 atom stereocenters. The van der Waals surface area contributed by atoms with E-state index in [1.807, 2.05) is 24.3 Å². The smallest absolute Gasteiger partial charge is 0.217 e. The molecular formula is C34H37NO7. The van der Waals surface area contributed by atoms with Crippen molar-refractivity contribution < 1.29 is 34.1 Å². The van der Waals surface area contributed by atoms with Gasteiger partial charge < -0.3 is 25.0 Å². The molecule has 0 spiro atoms. The standard InChI is InChI=1S/C34H37NO7/c1-5-6-7-23-8-14-26(15-9-23)34(35-22(2)36)33(28(38)17-11-24-10-16-27(37)30(40)20-24)29(39)18-12-25-13-19-31(41-3)32(21-25)42-4/h8-21,33-34,37,40H,5-7H2,1-4H3,(H,35,36). The number of amides is 1. The van der Waals surface area contributed by atoms with Gasteiger partial charge in [-0.2, -0.15) is 0 Å². The van der Waals surface area contributed by atoms with Crippen molar-refractivity contribution in [1.82, 2.24) is 5.32 Å². The molecule has 8 heteroatoms. The molecule has 0 fully saturated rings. The van der Waals surface area contributed by atoms with E-state index in [0.29, 0.717) is 28.2 Å². The molecule has 0 aliphatic heterocycles. The van der Waals surface area contributed by atoms with Crippen LogP contribution in [0, 0.1) is 5.92 Å². The molecule has 3 aromatic carbocycles. The van der Waals surface area contributed by atoms with E-state index in [0.717, 1.165) is 24.8 Å². The maximum absolute atomic E-state index is 13.7. The first-order valence-corrected chi connectivity index (χ1v) is 13.7. The fourth-order valence-electron chi connectivity index (χ4n) is 4.48. The fourth-order valence-corrected chi connectivity index (χ4v) is 4.48. The number of carbonyl (C=O) groups is 3. The first-order valence-electron chi connectivity index (χ1n) is 13.7. The van der Waals surface area contributed by atoms with Crippen LogP contribution in [0.3, 0.4) is 0 Å². The Morgan fingerprint density at radius 1 is 0.810 bits per heavy atom. The molecule has 0 saturated carbocycles. The molecule has 3 N–H and O–H groups in total. The van der Waals surface area contributed by atoms with E-state index in [1.165, 1.54) is 57.6 Å². The largest absolute Gasteiger partial charge is 0.504 e. The molecule has 0 radical (unpaired) electrons. The van der Waals surface area contributed by atoms with E-state index in [1.54, 1.807) is 24.3 Å². The lowest BCUT2D eigenvalue weighted by molar-refractivity contribution is -0.129. The minimum Gasteiger partial charge on any atom is -0.504 e. The maximum Gasteiger partial charge on any atom is 0.217 e. The Morgan fingerprint density at radius 3 is 1.95 bits per heavy atom. The summed E-state index contributed by atoms with van der Waals surface area (Å²) >= 11 is 0. The van der Waals surface area contributed by atoms with Crippen LogP contribution in [0.15, 0.2) is 72.8 Å². The average molecular weight is 572 g/mol. The van der Waals surface area contributed by atoms with Crippen molar-refractivity contribution in [2.75, 3.05) is 14.2 Å². The fraction of sp³-hybridized carbons (Fsp3) is 0.265. The molecule has 0 aromatic heterocycles. The summed E-state index contributed by atoms with van der Waals surface area (Å²) in [6.07, 6.45) is 8.56. The molecule has 3 rings (SSSR count). The zero-order valence-corrected chi connectivity index (χ0v) is 24.3. The van der Waals surface area contributed by atoms with Crippen molar-refractivity contribution in [1.29, 1.82) is 0 Å². The minimum absolute atomic E-state index is 0.292. The predicted molar refractivity (Wildman–Crippen MR) is 163 cm³/mol. The number of phenols is 2. The monoisotopic (exact) mass is 571 g/mol. The van der Waals surface area contributed by atoms with Gasteiger partial charge >= 0.3 is 0 Å². The number of aromatic hydroxyl groups is 2. The van der Waals surface area contributed by atoms with Gasteiger partial charge in [-0.3, -0.25) is 14.4 Å². The highest BCUT2D eigenvalue weighted by molar-refractivity contribution is 6.14. The van der Waals surface area contributed by atoms with Crippen LogP contribution in [0.4, 0.5) is 0 Å². The van der Waals surface area contributed by atoms with Gasteiger partial charge in [0.15, 0.2) is 34.6 Å². The Hall–Kier alpha value is -4.85. The summed E-state index contributed by atoms with van der Waals surface area (Å²) in [6, 6.07) is 15.9. The van der Waals surface area contributed by atoms with Gasteiger partial charge in [0.25, 0.3) is 0 Å². The van der Waals surface area contributed by atoms with Gasteiger partial charge in [0, 0.05) is 6.92 Å². The average Bonchev–Trinajstić information content (AvgIpc) is 2.99. The summed E-state index contributed by atoms with van der Waals surface area (Å²) < 4.78 is 10.6. The number of hydrogen-bond donors (Lipinski definition) is 3. The topological polar surface area (TPSA) is 122 Å². The number of methoxy groups -OCH3 is 2. The van der Waals surface area contributed by atoms with E-state index >= 15 is 0 Å². The van der Waals surface area contributed by atoms with Gasteiger partial charge in [0.2, 0.25) is 5.91 Å². The number of ether oxygens (including phenoxy) is 2. The molecular weight excluding hydrogens is 534 g/mol. The van der Waals surface area contributed by atoms with Gasteiger partial charge in [-0.25, -0.2) is 0 Å². The van der Waals surface area contributed by atoms with E-state index in [9.17, 15) is 24.6 Å². The molecule has 0 bridgehead atoms. The van der Waals surface area contributed by atoms with Crippen LogP contribution in [0.2, 0.25) is 0 Å². The summed E-state index contributed by atoms with van der Waals surface area (Å²) in [5, 5.41) is 22.2. The maximum atomic E-state index is 13.7. The number of aryl methyl sites for hydroxylation is 1. The third kappa shape index (κ3) is 8.57. The van der Waals surface area contributed by atoms with Gasteiger partial charge in [-0.15, -0.1) is 0 Å². The summed E-state index contributed by atoms with van der Waals surface area (Å²) in [4.78, 5) is 39.7. The molecule has 1 amide bonds. The lowest BCUT2D eigenvalue weighted by atomic mass is 9.84. The number of allylic oxidation sites excluding steroid dienone is 2. The number of phenolic OH excluding ortho intramolecular Hbond substituents is 2. The van der Waals surface area contributed by atoms with Crippen LogP contribution in [0.1, 0.15) is 55.0 Å². The first-order chi connectivity index (χ1) is 20.2. The highest BCUT2D eigenvalue weighted by Gasteiger charge is 2.34. The van der Waals surface area contributed by atoms with Crippen LogP contribution in [0.25, 0.3) is 12.2 Å². The lowest BCUT2D eigenvalue weighted by Gasteiger charge is -2.25. The van der Waals surface area contributed by atoms with Gasteiger partial charge in [-0.1, -0.05) is 61.9 Å². The summed E-state index contributed by atoms with van der Waals surface area (Å²) in [5.41, 5.74) is 2.84. The van der Waals surface area contributed by atoms with Gasteiger partial charge in [0.1, 0.15) is 5.92 Å².